The zero-order chi connectivity index (χ0) is 12.8. The SMILES string of the molecule is CCCOc1cccnc1NC(C)c1nn[nH]n1. The van der Waals surface area contributed by atoms with E-state index in [0.717, 1.165) is 12.2 Å². The fourth-order valence-corrected chi connectivity index (χ4v) is 1.45. The molecular formula is C11H16N6O. The average molecular weight is 248 g/mol. The summed E-state index contributed by atoms with van der Waals surface area (Å²) in [6.07, 6.45) is 2.67. The molecule has 18 heavy (non-hydrogen) atoms. The maximum Gasteiger partial charge on any atom is 0.196 e. The van der Waals surface area contributed by atoms with Gasteiger partial charge in [-0.3, -0.25) is 0 Å². The normalized spacial score (nSPS) is 12.1. The first-order chi connectivity index (χ1) is 8.81. The third kappa shape index (κ3) is 2.93. The van der Waals surface area contributed by atoms with Crippen LogP contribution in [0.1, 0.15) is 32.1 Å². The molecule has 0 saturated carbocycles. The van der Waals surface area contributed by atoms with Crippen molar-refractivity contribution in [3.8, 4) is 5.75 Å². The van der Waals surface area contributed by atoms with Crippen molar-refractivity contribution in [2.24, 2.45) is 0 Å². The third-order valence-electron chi connectivity index (χ3n) is 2.33. The van der Waals surface area contributed by atoms with Crippen LogP contribution in [0.4, 0.5) is 5.82 Å². The highest BCUT2D eigenvalue weighted by Crippen LogP contribution is 2.24. The van der Waals surface area contributed by atoms with E-state index in [4.69, 9.17) is 4.74 Å². The summed E-state index contributed by atoms with van der Waals surface area (Å²) in [5.74, 6) is 2.00. The number of aromatic nitrogens is 5. The van der Waals surface area contributed by atoms with Crippen LogP contribution < -0.4 is 10.1 Å². The summed E-state index contributed by atoms with van der Waals surface area (Å²) in [5, 5.41) is 17.0. The predicted octanol–water partition coefficient (Wildman–Crippen LogP) is 1.56. The molecule has 7 nitrogen and oxygen atoms in total. The second-order valence-electron chi connectivity index (χ2n) is 3.83. The first-order valence-electron chi connectivity index (χ1n) is 5.89. The van der Waals surface area contributed by atoms with Crippen LogP contribution in [0.25, 0.3) is 0 Å². The molecule has 0 aromatic carbocycles. The van der Waals surface area contributed by atoms with E-state index in [2.05, 4.69) is 37.8 Å². The molecule has 0 spiro atoms. The molecule has 0 amide bonds. The minimum absolute atomic E-state index is 0.0948. The third-order valence-corrected chi connectivity index (χ3v) is 2.33. The molecule has 0 aliphatic carbocycles. The molecule has 2 heterocycles. The van der Waals surface area contributed by atoms with Crippen molar-refractivity contribution in [3.63, 3.8) is 0 Å². The van der Waals surface area contributed by atoms with Gasteiger partial charge in [-0.15, -0.1) is 10.2 Å². The highest BCUT2D eigenvalue weighted by molar-refractivity contribution is 5.50. The lowest BCUT2D eigenvalue weighted by atomic mass is 10.3. The lowest BCUT2D eigenvalue weighted by Crippen LogP contribution is -2.11. The second kappa shape index (κ2) is 5.95. The summed E-state index contributed by atoms with van der Waals surface area (Å²) in [5.41, 5.74) is 0. The van der Waals surface area contributed by atoms with Crippen LogP contribution >= 0.6 is 0 Å². The van der Waals surface area contributed by atoms with Gasteiger partial charge in [0.1, 0.15) is 0 Å². The van der Waals surface area contributed by atoms with Gasteiger partial charge in [0.15, 0.2) is 17.4 Å². The number of ether oxygens (including phenoxy) is 1. The standard InChI is InChI=1S/C11H16N6O/c1-3-7-18-9-5-4-6-12-11(9)13-8(2)10-14-16-17-15-10/h4-6,8H,3,7H2,1-2H3,(H,12,13)(H,14,15,16,17). The van der Waals surface area contributed by atoms with Gasteiger partial charge in [0.2, 0.25) is 0 Å². The van der Waals surface area contributed by atoms with Gasteiger partial charge in [0, 0.05) is 6.20 Å². The van der Waals surface area contributed by atoms with E-state index < -0.39 is 0 Å². The van der Waals surface area contributed by atoms with E-state index in [9.17, 15) is 0 Å². The molecule has 0 bridgehead atoms. The molecule has 0 radical (unpaired) electrons. The Hall–Kier alpha value is -2.18. The number of aromatic amines is 1. The lowest BCUT2D eigenvalue weighted by molar-refractivity contribution is 0.317. The van der Waals surface area contributed by atoms with Crippen LogP contribution in [0.15, 0.2) is 18.3 Å². The molecule has 0 saturated heterocycles. The number of pyridine rings is 1. The van der Waals surface area contributed by atoms with Crippen molar-refractivity contribution in [1.82, 2.24) is 25.6 Å². The van der Waals surface area contributed by atoms with E-state index in [1.165, 1.54) is 0 Å². The van der Waals surface area contributed by atoms with E-state index in [1.54, 1.807) is 6.20 Å². The van der Waals surface area contributed by atoms with Crippen LogP contribution in [-0.2, 0) is 0 Å². The lowest BCUT2D eigenvalue weighted by Gasteiger charge is -2.14. The number of hydrogen-bond donors (Lipinski definition) is 2. The molecule has 2 rings (SSSR count). The van der Waals surface area contributed by atoms with Crippen LogP contribution in [-0.4, -0.2) is 32.2 Å². The number of tetrazole rings is 1. The van der Waals surface area contributed by atoms with Crippen LogP contribution in [0.2, 0.25) is 0 Å². The smallest absolute Gasteiger partial charge is 0.196 e. The van der Waals surface area contributed by atoms with Crippen molar-refractivity contribution < 1.29 is 4.74 Å². The fourth-order valence-electron chi connectivity index (χ4n) is 1.45. The fraction of sp³-hybridized carbons (Fsp3) is 0.455. The van der Waals surface area contributed by atoms with E-state index in [1.807, 2.05) is 19.1 Å². The Bertz CT molecular complexity index is 472. The monoisotopic (exact) mass is 248 g/mol. The first kappa shape index (κ1) is 12.3. The topological polar surface area (TPSA) is 88.6 Å². The van der Waals surface area contributed by atoms with Gasteiger partial charge in [-0.2, -0.15) is 5.21 Å². The maximum atomic E-state index is 5.62. The van der Waals surface area contributed by atoms with E-state index in [0.29, 0.717) is 18.2 Å². The Morgan fingerprint density at radius 1 is 1.50 bits per heavy atom. The molecular weight excluding hydrogens is 232 g/mol. The number of rotatable bonds is 6. The number of H-pyrrole nitrogens is 1. The van der Waals surface area contributed by atoms with Crippen molar-refractivity contribution in [2.75, 3.05) is 11.9 Å². The summed E-state index contributed by atoms with van der Waals surface area (Å²) in [4.78, 5) is 4.26. The minimum atomic E-state index is -0.0948. The number of nitrogens with one attached hydrogen (secondary N) is 2. The van der Waals surface area contributed by atoms with Gasteiger partial charge in [-0.1, -0.05) is 12.1 Å². The van der Waals surface area contributed by atoms with Crippen molar-refractivity contribution >= 4 is 5.82 Å². The summed E-state index contributed by atoms with van der Waals surface area (Å²) in [7, 11) is 0. The van der Waals surface area contributed by atoms with E-state index in [-0.39, 0.29) is 6.04 Å². The Morgan fingerprint density at radius 3 is 3.11 bits per heavy atom. The van der Waals surface area contributed by atoms with Crippen LogP contribution in [0.5, 0.6) is 5.75 Å². The first-order valence-corrected chi connectivity index (χ1v) is 5.89. The molecule has 96 valence electrons. The largest absolute Gasteiger partial charge is 0.490 e. The molecule has 0 aliphatic rings. The highest BCUT2D eigenvalue weighted by Gasteiger charge is 2.13. The average Bonchev–Trinajstić information content (AvgIpc) is 2.91. The van der Waals surface area contributed by atoms with E-state index >= 15 is 0 Å². The van der Waals surface area contributed by atoms with Gasteiger partial charge in [0.05, 0.1) is 12.6 Å². The number of hydrogen-bond acceptors (Lipinski definition) is 6. The molecule has 7 heteroatoms. The molecule has 1 unspecified atom stereocenters. The van der Waals surface area contributed by atoms with Crippen molar-refractivity contribution in [1.29, 1.82) is 0 Å². The van der Waals surface area contributed by atoms with Crippen molar-refractivity contribution in [3.05, 3.63) is 24.2 Å². The molecule has 2 aromatic rings. The van der Waals surface area contributed by atoms with Gasteiger partial charge < -0.3 is 10.1 Å². The van der Waals surface area contributed by atoms with Gasteiger partial charge in [-0.05, 0) is 25.5 Å². The zero-order valence-corrected chi connectivity index (χ0v) is 10.4. The summed E-state index contributed by atoms with van der Waals surface area (Å²) < 4.78 is 5.62. The Balaban J connectivity index is 2.08. The predicted molar refractivity (Wildman–Crippen MR) is 66.2 cm³/mol. The molecule has 1 atom stereocenters. The molecule has 0 fully saturated rings. The molecule has 0 aliphatic heterocycles. The van der Waals surface area contributed by atoms with Gasteiger partial charge in [-0.25, -0.2) is 4.98 Å². The molecule has 2 N–H and O–H groups in total. The number of anilines is 1. The van der Waals surface area contributed by atoms with Crippen LogP contribution in [0.3, 0.4) is 0 Å². The quantitative estimate of drug-likeness (QED) is 0.806. The Kier molecular flexibility index (Phi) is 4.06. The zero-order valence-electron chi connectivity index (χ0n) is 10.4. The summed E-state index contributed by atoms with van der Waals surface area (Å²) in [6.45, 7) is 4.66. The van der Waals surface area contributed by atoms with Crippen LogP contribution in [0, 0.1) is 0 Å². The minimum Gasteiger partial charge on any atom is -0.490 e. The Morgan fingerprint density at radius 2 is 2.39 bits per heavy atom. The molecule has 2 aromatic heterocycles. The Labute approximate surface area is 105 Å². The summed E-state index contributed by atoms with van der Waals surface area (Å²) >= 11 is 0. The van der Waals surface area contributed by atoms with Gasteiger partial charge >= 0.3 is 0 Å². The summed E-state index contributed by atoms with van der Waals surface area (Å²) in [6, 6.07) is 3.63. The van der Waals surface area contributed by atoms with Gasteiger partial charge in [0.25, 0.3) is 0 Å². The second-order valence-corrected chi connectivity index (χ2v) is 3.83. The highest BCUT2D eigenvalue weighted by atomic mass is 16.5. The van der Waals surface area contributed by atoms with Crippen molar-refractivity contribution in [2.45, 2.75) is 26.3 Å². The number of nitrogens with zero attached hydrogens (tertiary/aromatic N) is 4. The maximum absolute atomic E-state index is 5.62.